The maximum Gasteiger partial charge on any atom is 0.275 e. The van der Waals surface area contributed by atoms with Crippen molar-refractivity contribution in [2.24, 2.45) is 0 Å². The summed E-state index contributed by atoms with van der Waals surface area (Å²) in [6, 6.07) is 9.15. The first-order valence-corrected chi connectivity index (χ1v) is 7.06. The summed E-state index contributed by atoms with van der Waals surface area (Å²) in [6.45, 7) is 6.78. The van der Waals surface area contributed by atoms with Gasteiger partial charge in [-0.05, 0) is 50.1 Å². The predicted molar refractivity (Wildman–Crippen MR) is 84.7 cm³/mol. The van der Waals surface area contributed by atoms with Gasteiger partial charge in [-0.25, -0.2) is 9.97 Å². The Morgan fingerprint density at radius 1 is 1.14 bits per heavy atom. The van der Waals surface area contributed by atoms with Gasteiger partial charge in [-0.3, -0.25) is 4.79 Å². The van der Waals surface area contributed by atoms with Gasteiger partial charge in [0.2, 0.25) is 0 Å². The fraction of sp³-hybridized carbons (Fsp3) is 0.312. The molecule has 1 amide bonds. The van der Waals surface area contributed by atoms with Gasteiger partial charge < -0.3 is 10.6 Å². The van der Waals surface area contributed by atoms with Crippen molar-refractivity contribution < 1.29 is 4.79 Å². The molecule has 0 spiro atoms. The number of nitrogens with zero attached hydrogens (tertiary/aromatic N) is 2. The molecular weight excluding hydrogens is 264 g/mol. The molecule has 0 aliphatic rings. The zero-order chi connectivity index (χ0) is 15.2. The molecule has 0 radical (unpaired) electrons. The molecule has 2 heterocycles. The number of pyridine rings is 2. The van der Waals surface area contributed by atoms with Gasteiger partial charge in [0.25, 0.3) is 5.91 Å². The van der Waals surface area contributed by atoms with E-state index in [0.717, 1.165) is 24.2 Å². The molecule has 0 saturated carbocycles. The number of amides is 1. The smallest absolute Gasteiger partial charge is 0.275 e. The number of anilines is 2. The van der Waals surface area contributed by atoms with Gasteiger partial charge in [-0.1, -0.05) is 13.0 Å². The van der Waals surface area contributed by atoms with Gasteiger partial charge in [0, 0.05) is 12.2 Å². The van der Waals surface area contributed by atoms with Crippen LogP contribution in [0.25, 0.3) is 0 Å². The molecule has 2 aromatic rings. The Hall–Kier alpha value is -2.43. The van der Waals surface area contributed by atoms with Crippen molar-refractivity contribution in [1.82, 2.24) is 9.97 Å². The summed E-state index contributed by atoms with van der Waals surface area (Å²) < 4.78 is 0. The summed E-state index contributed by atoms with van der Waals surface area (Å²) >= 11 is 0. The van der Waals surface area contributed by atoms with Crippen LogP contribution in [0.3, 0.4) is 0 Å². The third-order valence-electron chi connectivity index (χ3n) is 2.88. The first-order valence-electron chi connectivity index (χ1n) is 7.06. The van der Waals surface area contributed by atoms with E-state index in [1.807, 2.05) is 38.1 Å². The van der Waals surface area contributed by atoms with Crippen molar-refractivity contribution >= 4 is 17.5 Å². The Bertz CT molecular complexity index is 620. The van der Waals surface area contributed by atoms with Crippen molar-refractivity contribution in [2.45, 2.75) is 27.2 Å². The van der Waals surface area contributed by atoms with Gasteiger partial charge in [-0.15, -0.1) is 0 Å². The second-order valence-electron chi connectivity index (χ2n) is 4.96. The van der Waals surface area contributed by atoms with Crippen molar-refractivity contribution in [1.29, 1.82) is 0 Å². The zero-order valence-corrected chi connectivity index (χ0v) is 12.6. The van der Waals surface area contributed by atoms with E-state index in [4.69, 9.17) is 0 Å². The van der Waals surface area contributed by atoms with Gasteiger partial charge in [0.05, 0.1) is 0 Å². The summed E-state index contributed by atoms with van der Waals surface area (Å²) in [6.07, 6.45) is 1.00. The van der Waals surface area contributed by atoms with Crippen LogP contribution in [0.15, 0.2) is 30.3 Å². The average Bonchev–Trinajstić information content (AvgIpc) is 2.44. The molecule has 0 saturated heterocycles. The van der Waals surface area contributed by atoms with E-state index in [0.29, 0.717) is 17.3 Å². The van der Waals surface area contributed by atoms with Crippen LogP contribution in [-0.4, -0.2) is 22.4 Å². The van der Waals surface area contributed by atoms with Crippen LogP contribution in [-0.2, 0) is 0 Å². The normalized spacial score (nSPS) is 10.2. The lowest BCUT2D eigenvalue weighted by Crippen LogP contribution is -2.16. The molecule has 0 bridgehead atoms. The van der Waals surface area contributed by atoms with Crippen LogP contribution in [0, 0.1) is 13.8 Å². The van der Waals surface area contributed by atoms with Crippen LogP contribution >= 0.6 is 0 Å². The van der Waals surface area contributed by atoms with Crippen LogP contribution in [0.4, 0.5) is 11.6 Å². The van der Waals surface area contributed by atoms with Crippen molar-refractivity contribution in [3.05, 3.63) is 47.3 Å². The van der Waals surface area contributed by atoms with Gasteiger partial charge in [-0.2, -0.15) is 0 Å². The van der Waals surface area contributed by atoms with E-state index in [-0.39, 0.29) is 5.91 Å². The molecule has 0 aliphatic heterocycles. The molecule has 0 aliphatic carbocycles. The van der Waals surface area contributed by atoms with E-state index in [2.05, 4.69) is 27.5 Å². The van der Waals surface area contributed by atoms with Crippen LogP contribution < -0.4 is 10.6 Å². The highest BCUT2D eigenvalue weighted by Crippen LogP contribution is 2.11. The van der Waals surface area contributed by atoms with Gasteiger partial charge in [0.15, 0.2) is 0 Å². The SMILES string of the molecule is CCCNc1cccc(C(=O)Nc2cc(C)cc(C)n2)n1. The lowest BCUT2D eigenvalue weighted by Gasteiger charge is -2.08. The molecule has 0 unspecified atom stereocenters. The molecule has 5 nitrogen and oxygen atoms in total. The minimum atomic E-state index is -0.257. The summed E-state index contributed by atoms with van der Waals surface area (Å²) in [5.41, 5.74) is 2.30. The molecule has 21 heavy (non-hydrogen) atoms. The number of rotatable bonds is 5. The number of hydrogen-bond acceptors (Lipinski definition) is 4. The summed E-state index contributed by atoms with van der Waals surface area (Å²) in [5, 5.41) is 5.95. The van der Waals surface area contributed by atoms with Gasteiger partial charge >= 0.3 is 0 Å². The third-order valence-corrected chi connectivity index (χ3v) is 2.88. The minimum Gasteiger partial charge on any atom is -0.370 e. The second kappa shape index (κ2) is 6.83. The highest BCUT2D eigenvalue weighted by Gasteiger charge is 2.09. The fourth-order valence-corrected chi connectivity index (χ4v) is 2.00. The van der Waals surface area contributed by atoms with E-state index in [1.54, 1.807) is 6.07 Å². The second-order valence-corrected chi connectivity index (χ2v) is 4.96. The molecule has 5 heteroatoms. The molecule has 0 fully saturated rings. The number of aryl methyl sites for hydroxylation is 2. The predicted octanol–water partition coefficient (Wildman–Crippen LogP) is 3.17. The first kappa shape index (κ1) is 15.0. The molecule has 2 aromatic heterocycles. The first-order chi connectivity index (χ1) is 10.1. The lowest BCUT2D eigenvalue weighted by molar-refractivity contribution is 0.102. The molecular formula is C16H20N4O. The largest absolute Gasteiger partial charge is 0.370 e. The lowest BCUT2D eigenvalue weighted by atomic mass is 10.2. The fourth-order valence-electron chi connectivity index (χ4n) is 2.00. The Kier molecular flexibility index (Phi) is 4.87. The number of carbonyl (C=O) groups excluding carboxylic acids is 1. The average molecular weight is 284 g/mol. The standard InChI is InChI=1S/C16H20N4O/c1-4-8-17-14-7-5-6-13(19-14)16(21)20-15-10-11(2)9-12(3)18-15/h5-7,9-10H,4,8H2,1-3H3,(H,17,19)(H,18,20,21). The Labute approximate surface area is 124 Å². The number of nitrogens with one attached hydrogen (secondary N) is 2. The summed E-state index contributed by atoms with van der Waals surface area (Å²) in [5.74, 6) is 0.997. The third kappa shape index (κ3) is 4.27. The molecule has 2 N–H and O–H groups in total. The number of carbonyl (C=O) groups is 1. The highest BCUT2D eigenvalue weighted by atomic mass is 16.1. The van der Waals surface area contributed by atoms with E-state index < -0.39 is 0 Å². The minimum absolute atomic E-state index is 0.257. The number of hydrogen-bond donors (Lipinski definition) is 2. The van der Waals surface area contributed by atoms with Gasteiger partial charge in [0.1, 0.15) is 17.3 Å². The Balaban J connectivity index is 2.12. The monoisotopic (exact) mass is 284 g/mol. The maximum atomic E-state index is 12.2. The molecule has 0 aromatic carbocycles. The highest BCUT2D eigenvalue weighted by molar-refractivity contribution is 6.02. The summed E-state index contributed by atoms with van der Waals surface area (Å²) in [4.78, 5) is 20.8. The molecule has 0 atom stereocenters. The molecule has 110 valence electrons. The van der Waals surface area contributed by atoms with E-state index in [1.165, 1.54) is 0 Å². The topological polar surface area (TPSA) is 66.9 Å². The van der Waals surface area contributed by atoms with E-state index >= 15 is 0 Å². The Morgan fingerprint density at radius 2 is 1.95 bits per heavy atom. The zero-order valence-electron chi connectivity index (χ0n) is 12.6. The van der Waals surface area contributed by atoms with Crippen molar-refractivity contribution in [3.8, 4) is 0 Å². The molecule has 2 rings (SSSR count). The summed E-state index contributed by atoms with van der Waals surface area (Å²) in [7, 11) is 0. The van der Waals surface area contributed by atoms with Crippen LogP contribution in [0.5, 0.6) is 0 Å². The number of aromatic nitrogens is 2. The van der Waals surface area contributed by atoms with Crippen LogP contribution in [0.2, 0.25) is 0 Å². The van der Waals surface area contributed by atoms with Crippen molar-refractivity contribution in [3.63, 3.8) is 0 Å². The van der Waals surface area contributed by atoms with Crippen molar-refractivity contribution in [2.75, 3.05) is 17.2 Å². The Morgan fingerprint density at radius 3 is 2.67 bits per heavy atom. The van der Waals surface area contributed by atoms with Crippen LogP contribution in [0.1, 0.15) is 35.1 Å². The quantitative estimate of drug-likeness (QED) is 0.885. The van der Waals surface area contributed by atoms with E-state index in [9.17, 15) is 4.79 Å². The maximum absolute atomic E-state index is 12.2.